The third-order valence-corrected chi connectivity index (χ3v) is 4.70. The molecule has 0 aliphatic carbocycles. The zero-order valence-electron chi connectivity index (χ0n) is 11.9. The van der Waals surface area contributed by atoms with Gasteiger partial charge in [-0.2, -0.15) is 5.26 Å². The number of thioether (sulfide) groups is 2. The molecule has 0 aliphatic heterocycles. The van der Waals surface area contributed by atoms with E-state index in [2.05, 4.69) is 5.32 Å². The van der Waals surface area contributed by atoms with E-state index in [1.165, 1.54) is 17.8 Å². The molecule has 0 saturated carbocycles. The summed E-state index contributed by atoms with van der Waals surface area (Å²) in [5, 5.41) is 11.4. The number of carbonyl (C=O) groups is 1. The third-order valence-electron chi connectivity index (χ3n) is 2.71. The lowest BCUT2D eigenvalue weighted by Gasteiger charge is -2.09. The van der Waals surface area contributed by atoms with Crippen LogP contribution in [0.5, 0.6) is 0 Å². The highest BCUT2D eigenvalue weighted by Crippen LogP contribution is 2.27. The molecule has 2 aromatic rings. The lowest BCUT2D eigenvalue weighted by molar-refractivity contribution is -0.113. The van der Waals surface area contributed by atoms with Crippen molar-refractivity contribution in [3.63, 3.8) is 0 Å². The molecule has 0 spiro atoms. The van der Waals surface area contributed by atoms with Crippen LogP contribution in [-0.2, 0) is 4.79 Å². The molecule has 3 nitrogen and oxygen atoms in total. The van der Waals surface area contributed by atoms with Crippen molar-refractivity contribution in [3.8, 4) is 6.07 Å². The van der Waals surface area contributed by atoms with E-state index in [1.807, 2.05) is 18.2 Å². The smallest absolute Gasteiger partial charge is 0.234 e. The first-order valence-electron chi connectivity index (χ1n) is 6.56. The summed E-state index contributed by atoms with van der Waals surface area (Å²) < 4.78 is 26.3. The lowest BCUT2D eigenvalue weighted by Crippen LogP contribution is -2.14. The average molecular weight is 350 g/mol. The van der Waals surface area contributed by atoms with E-state index >= 15 is 0 Å². The molecule has 1 amide bonds. The van der Waals surface area contributed by atoms with Crippen molar-refractivity contribution < 1.29 is 13.6 Å². The minimum Gasteiger partial charge on any atom is -0.324 e. The molecule has 0 aromatic heterocycles. The van der Waals surface area contributed by atoms with E-state index < -0.39 is 11.6 Å². The van der Waals surface area contributed by atoms with Gasteiger partial charge >= 0.3 is 0 Å². The molecular formula is C16H12F2N2OS2. The minimum absolute atomic E-state index is 0.000195. The Labute approximate surface area is 141 Å². The fourth-order valence-corrected chi connectivity index (χ4v) is 3.12. The van der Waals surface area contributed by atoms with E-state index in [0.717, 1.165) is 28.8 Å². The van der Waals surface area contributed by atoms with Crippen LogP contribution in [0.1, 0.15) is 0 Å². The Morgan fingerprint density at radius 2 is 1.91 bits per heavy atom. The van der Waals surface area contributed by atoms with E-state index in [1.54, 1.807) is 12.1 Å². The zero-order valence-corrected chi connectivity index (χ0v) is 13.5. The predicted octanol–water partition coefficient (Wildman–Crippen LogP) is 4.31. The van der Waals surface area contributed by atoms with Gasteiger partial charge in [-0.05, 0) is 24.3 Å². The van der Waals surface area contributed by atoms with Gasteiger partial charge in [-0.15, -0.1) is 23.5 Å². The summed E-state index contributed by atoms with van der Waals surface area (Å²) in [5.74, 6) is -1.36. The highest BCUT2D eigenvalue weighted by molar-refractivity contribution is 8.00. The van der Waals surface area contributed by atoms with Crippen molar-refractivity contribution in [3.05, 3.63) is 54.1 Å². The summed E-state index contributed by atoms with van der Waals surface area (Å²) in [6, 6.07) is 12.4. The van der Waals surface area contributed by atoms with Crippen molar-refractivity contribution in [2.75, 3.05) is 16.8 Å². The van der Waals surface area contributed by atoms with Crippen LogP contribution in [0.3, 0.4) is 0 Å². The second-order valence-electron chi connectivity index (χ2n) is 4.35. The molecule has 118 valence electrons. The van der Waals surface area contributed by atoms with Gasteiger partial charge in [0.15, 0.2) is 0 Å². The Morgan fingerprint density at radius 3 is 2.65 bits per heavy atom. The van der Waals surface area contributed by atoms with Gasteiger partial charge in [0, 0.05) is 15.9 Å². The Balaban J connectivity index is 1.96. The van der Waals surface area contributed by atoms with Gasteiger partial charge in [0.1, 0.15) is 11.6 Å². The average Bonchev–Trinajstić information content (AvgIpc) is 2.53. The SMILES string of the molecule is N#CCSc1ccccc1NC(=O)CSc1ccc(F)cc1F. The van der Waals surface area contributed by atoms with Crippen LogP contribution >= 0.6 is 23.5 Å². The summed E-state index contributed by atoms with van der Waals surface area (Å²) in [6.07, 6.45) is 0. The molecule has 0 unspecified atom stereocenters. The monoisotopic (exact) mass is 350 g/mol. The number of rotatable bonds is 6. The van der Waals surface area contributed by atoms with Gasteiger partial charge in [-0.25, -0.2) is 8.78 Å². The van der Waals surface area contributed by atoms with Gasteiger partial charge in [-0.3, -0.25) is 4.79 Å². The summed E-state index contributed by atoms with van der Waals surface area (Å²) in [4.78, 5) is 13.0. The normalized spacial score (nSPS) is 10.1. The number of nitrogens with one attached hydrogen (secondary N) is 1. The number of carbonyl (C=O) groups excluding carboxylic acids is 1. The van der Waals surface area contributed by atoms with E-state index in [0.29, 0.717) is 5.69 Å². The van der Waals surface area contributed by atoms with Gasteiger partial charge in [0.25, 0.3) is 0 Å². The molecule has 23 heavy (non-hydrogen) atoms. The van der Waals surface area contributed by atoms with E-state index in [4.69, 9.17) is 5.26 Å². The Morgan fingerprint density at radius 1 is 1.13 bits per heavy atom. The van der Waals surface area contributed by atoms with Crippen LogP contribution in [0, 0.1) is 23.0 Å². The van der Waals surface area contributed by atoms with Crippen LogP contribution in [0.25, 0.3) is 0 Å². The Hall–Kier alpha value is -2.04. The summed E-state index contributed by atoms with van der Waals surface area (Å²) in [6.45, 7) is 0. The van der Waals surface area contributed by atoms with Gasteiger partial charge in [-0.1, -0.05) is 12.1 Å². The van der Waals surface area contributed by atoms with Gasteiger partial charge in [0.05, 0.1) is 23.3 Å². The lowest BCUT2D eigenvalue weighted by atomic mass is 10.3. The molecule has 0 heterocycles. The van der Waals surface area contributed by atoms with Crippen molar-refractivity contribution in [2.24, 2.45) is 0 Å². The van der Waals surface area contributed by atoms with Gasteiger partial charge in [0.2, 0.25) is 5.91 Å². The number of nitrogens with zero attached hydrogens (tertiary/aromatic N) is 1. The largest absolute Gasteiger partial charge is 0.324 e. The molecule has 0 fully saturated rings. The first-order chi connectivity index (χ1) is 11.1. The first-order valence-corrected chi connectivity index (χ1v) is 8.53. The fourth-order valence-electron chi connectivity index (χ4n) is 1.73. The minimum atomic E-state index is -0.687. The van der Waals surface area contributed by atoms with Crippen molar-refractivity contribution in [1.82, 2.24) is 0 Å². The number of hydrogen-bond donors (Lipinski definition) is 1. The zero-order chi connectivity index (χ0) is 16.7. The summed E-state index contributed by atoms with van der Waals surface area (Å²) in [5.41, 5.74) is 0.609. The molecule has 2 aromatic carbocycles. The maximum absolute atomic E-state index is 13.5. The van der Waals surface area contributed by atoms with Crippen molar-refractivity contribution in [1.29, 1.82) is 5.26 Å². The van der Waals surface area contributed by atoms with Crippen LogP contribution in [0.2, 0.25) is 0 Å². The molecular weight excluding hydrogens is 338 g/mol. The first kappa shape index (κ1) is 17.3. The number of anilines is 1. The van der Waals surface area contributed by atoms with E-state index in [-0.39, 0.29) is 22.3 Å². The molecule has 0 bridgehead atoms. The quantitative estimate of drug-likeness (QED) is 0.789. The molecule has 0 saturated heterocycles. The van der Waals surface area contributed by atoms with Gasteiger partial charge < -0.3 is 5.32 Å². The van der Waals surface area contributed by atoms with Crippen LogP contribution < -0.4 is 5.32 Å². The molecule has 1 N–H and O–H groups in total. The number of hydrogen-bond acceptors (Lipinski definition) is 4. The molecule has 0 aliphatic rings. The second-order valence-corrected chi connectivity index (χ2v) is 6.39. The summed E-state index contributed by atoms with van der Waals surface area (Å²) in [7, 11) is 0. The number of halogens is 2. The molecule has 7 heteroatoms. The van der Waals surface area contributed by atoms with Crippen molar-refractivity contribution in [2.45, 2.75) is 9.79 Å². The van der Waals surface area contributed by atoms with Crippen LogP contribution in [0.15, 0.2) is 52.3 Å². The number of para-hydroxylation sites is 1. The summed E-state index contributed by atoms with van der Waals surface area (Å²) >= 11 is 2.32. The van der Waals surface area contributed by atoms with Crippen LogP contribution in [0.4, 0.5) is 14.5 Å². The topological polar surface area (TPSA) is 52.9 Å². The van der Waals surface area contributed by atoms with Crippen LogP contribution in [-0.4, -0.2) is 17.4 Å². The molecule has 0 radical (unpaired) electrons. The Bertz CT molecular complexity index is 747. The fraction of sp³-hybridized carbons (Fsp3) is 0.125. The number of amides is 1. The maximum Gasteiger partial charge on any atom is 0.234 e. The maximum atomic E-state index is 13.5. The molecule has 0 atom stereocenters. The standard InChI is InChI=1S/C16H12F2N2OS2/c17-11-5-6-14(12(18)9-11)23-10-16(21)20-13-3-1-2-4-15(13)22-8-7-19/h1-6,9H,8,10H2,(H,20,21). The second kappa shape index (κ2) is 8.56. The van der Waals surface area contributed by atoms with E-state index in [9.17, 15) is 13.6 Å². The third kappa shape index (κ3) is 5.27. The number of benzene rings is 2. The highest BCUT2D eigenvalue weighted by Gasteiger charge is 2.10. The predicted molar refractivity (Wildman–Crippen MR) is 88.5 cm³/mol. The number of nitriles is 1. The Kier molecular flexibility index (Phi) is 6.44. The van der Waals surface area contributed by atoms with Crippen molar-refractivity contribution >= 4 is 35.1 Å². The highest BCUT2D eigenvalue weighted by atomic mass is 32.2. The molecule has 2 rings (SSSR count).